The van der Waals surface area contributed by atoms with Gasteiger partial charge in [0.15, 0.2) is 11.6 Å². The second-order valence-electron chi connectivity index (χ2n) is 50.3. The van der Waals surface area contributed by atoms with Crippen LogP contribution in [0.25, 0.3) is 0 Å². The van der Waals surface area contributed by atoms with E-state index in [-0.39, 0.29) is 164 Å². The molecule has 0 aromatic heterocycles. The van der Waals surface area contributed by atoms with E-state index in [0.717, 1.165) is 34.2 Å². The van der Waals surface area contributed by atoms with E-state index in [9.17, 15) is 81.1 Å². The molecule has 29 heteroatoms. The van der Waals surface area contributed by atoms with E-state index >= 15 is 0 Å². The van der Waals surface area contributed by atoms with Crippen LogP contribution in [-0.4, -0.2) is 199 Å². The first-order valence-corrected chi connectivity index (χ1v) is 54.3. The van der Waals surface area contributed by atoms with Crippen LogP contribution in [0, 0.1) is 70.1 Å². The van der Waals surface area contributed by atoms with Crippen molar-refractivity contribution >= 4 is 59.1 Å². The Balaban J connectivity index is 0.000000275. The highest BCUT2D eigenvalue weighted by Gasteiger charge is 2.51. The number of rotatable bonds is 36. The van der Waals surface area contributed by atoms with Gasteiger partial charge in [0.2, 0.25) is 29.5 Å². The molecule has 0 unspecified atom stereocenters. The Bertz CT molecular complexity index is 5210. The summed E-state index contributed by atoms with van der Waals surface area (Å²) in [5.41, 5.74) is -3.07. The van der Waals surface area contributed by atoms with E-state index in [1.807, 2.05) is 178 Å². The molecule has 0 saturated carbocycles. The number of allylic oxidation sites excluding steroid dienone is 1. The predicted molar refractivity (Wildman–Crippen MR) is 580 cm³/mol. The number of Topliss-reactive ketones (excluding diaryl/α,β-unsaturated/α-hetero) is 3. The minimum Gasteiger partial charge on any atom is -0.444 e. The summed E-state index contributed by atoms with van der Waals surface area (Å²) >= 11 is 0. The third kappa shape index (κ3) is 39.0. The van der Waals surface area contributed by atoms with Crippen molar-refractivity contribution < 1.29 is 90.6 Å². The van der Waals surface area contributed by atoms with Crippen LogP contribution in [-0.2, 0) is 79.9 Å². The van der Waals surface area contributed by atoms with E-state index in [1.54, 1.807) is 99.9 Å². The molecule has 150 heavy (non-hydrogen) atoms. The van der Waals surface area contributed by atoms with Crippen molar-refractivity contribution in [3.8, 4) is 0 Å². The lowest BCUT2D eigenvalue weighted by atomic mass is 9.73. The van der Waals surface area contributed by atoms with Crippen LogP contribution in [0.4, 0.5) is 27.2 Å². The number of nitrogens with one attached hydrogen (secondary N) is 5. The Hall–Kier alpha value is -10.3. The molecule has 5 aromatic rings. The summed E-state index contributed by atoms with van der Waals surface area (Å²) in [7, 11) is 0. The van der Waals surface area contributed by atoms with Gasteiger partial charge in [0.25, 0.3) is 0 Å². The Morgan fingerprint density at radius 3 is 1.30 bits per heavy atom. The van der Waals surface area contributed by atoms with Gasteiger partial charge in [0, 0.05) is 109 Å². The third-order valence-corrected chi connectivity index (χ3v) is 29.2. The summed E-state index contributed by atoms with van der Waals surface area (Å²) in [6.45, 7) is 51.2. The molecule has 6 atom stereocenters. The fourth-order valence-electron chi connectivity index (χ4n) is 22.5. The average Bonchev–Trinajstić information content (AvgIpc) is 0.847. The molecule has 5 heterocycles. The van der Waals surface area contributed by atoms with Gasteiger partial charge in [-0.1, -0.05) is 171 Å². The summed E-state index contributed by atoms with van der Waals surface area (Å²) in [5.74, 6) is -2.75. The number of nitrogens with zero attached hydrogens (tertiary/aromatic N) is 5. The summed E-state index contributed by atoms with van der Waals surface area (Å²) in [4.78, 5) is 141. The van der Waals surface area contributed by atoms with Crippen LogP contribution >= 0.6 is 0 Å². The van der Waals surface area contributed by atoms with Crippen molar-refractivity contribution in [2.24, 2.45) is 46.8 Å². The number of amides is 7. The van der Waals surface area contributed by atoms with E-state index < -0.39 is 109 Å². The van der Waals surface area contributed by atoms with Gasteiger partial charge in [-0.15, -0.1) is 0 Å². The van der Waals surface area contributed by atoms with E-state index in [0.29, 0.717) is 103 Å². The molecule has 10 rings (SSSR count). The molecule has 0 bridgehead atoms. The summed E-state index contributed by atoms with van der Waals surface area (Å²) in [6.07, 6.45) is 19.7. The molecule has 5 aliphatic heterocycles. The third-order valence-electron chi connectivity index (χ3n) is 29.2. The van der Waals surface area contributed by atoms with E-state index in [4.69, 9.17) is 9.47 Å². The molecule has 0 radical (unpaired) electrons. The maximum atomic E-state index is 14.7. The van der Waals surface area contributed by atoms with Gasteiger partial charge in [-0.2, -0.15) is 15.2 Å². The van der Waals surface area contributed by atoms with Crippen LogP contribution in [0.5, 0.6) is 0 Å². The molecular weight excluding hydrogens is 1910 g/mol. The molecule has 7 amide bonds. The van der Waals surface area contributed by atoms with Crippen molar-refractivity contribution in [2.75, 3.05) is 13.1 Å². The zero-order valence-corrected chi connectivity index (χ0v) is 94.5. The quantitative estimate of drug-likeness (QED) is 0.0105. The van der Waals surface area contributed by atoms with Gasteiger partial charge in [-0.05, 0) is 346 Å². The van der Waals surface area contributed by atoms with Gasteiger partial charge in [0.1, 0.15) is 40.3 Å². The Labute approximate surface area is 891 Å². The fourth-order valence-corrected chi connectivity index (χ4v) is 22.5. The second-order valence-corrected chi connectivity index (χ2v) is 50.3. The van der Waals surface area contributed by atoms with Gasteiger partial charge in [0.05, 0.1) is 35.1 Å². The SMILES string of the molecule is CC(C)C[C@@H](/C=C/C(Cc1ccc(F)cc1)(Cc1ccc(F)cc1)C(=O)NC1CC(C)(C)N(O)C(C)(C)C1)NC(=O)OC(C)(C)C.CC(C)C[C@@H](/C=C/C(Cc1ccc(F)cc1)(Cc1ccc(F)cc1)NC(=O)CCC(=O)NC1CC(C)(C)N(O)C(C)(C)C1)NC(=O)OC(C)(C)C.CC(C)C[C@H]1C(=O)C[C@H](Cc2ccccc2)C(=O)N2CCC[C@H]2C(=O)C[C@@H](C(C)C)/C=C/CN1C(=O)CCCCC(=O)C1CC(C)(C)N(O)C(C)(C)C1. The van der Waals surface area contributed by atoms with Crippen LogP contribution < -0.4 is 26.6 Å². The van der Waals surface area contributed by atoms with Crippen molar-refractivity contribution in [1.82, 2.24) is 51.6 Å². The number of benzene rings is 5. The number of hydrogen-bond acceptors (Lipinski definition) is 18. The first kappa shape index (κ1) is 125. The monoisotopic (exact) mass is 2090 g/mol. The minimum atomic E-state index is -1.20. The first-order chi connectivity index (χ1) is 69.7. The molecule has 4 fully saturated rings. The van der Waals surface area contributed by atoms with Crippen molar-refractivity contribution in [2.45, 2.75) is 420 Å². The Kier molecular flexibility index (Phi) is 45.0. The highest BCUT2D eigenvalue weighted by atomic mass is 19.1. The smallest absolute Gasteiger partial charge is 0.408 e. The highest BCUT2D eigenvalue weighted by molar-refractivity contribution is 5.95. The Morgan fingerprint density at radius 2 is 0.880 bits per heavy atom. The number of hydroxylamine groups is 6. The lowest BCUT2D eigenvalue weighted by Crippen LogP contribution is -2.63. The number of ether oxygens (including phenoxy) is 2. The topological polar surface area (TPSA) is 326 Å². The molecule has 5 aromatic carbocycles. The van der Waals surface area contributed by atoms with Crippen LogP contribution in [0.2, 0.25) is 0 Å². The van der Waals surface area contributed by atoms with E-state index in [2.05, 4.69) is 54.3 Å². The van der Waals surface area contributed by atoms with Gasteiger partial charge in [-0.3, -0.25) is 38.4 Å². The van der Waals surface area contributed by atoms with Gasteiger partial charge >= 0.3 is 12.2 Å². The maximum Gasteiger partial charge on any atom is 0.408 e. The molecule has 0 aliphatic carbocycles. The maximum absolute atomic E-state index is 14.7. The van der Waals surface area contributed by atoms with Gasteiger partial charge < -0.3 is 61.5 Å². The van der Waals surface area contributed by atoms with E-state index in [1.165, 1.54) is 63.7 Å². The first-order valence-electron chi connectivity index (χ1n) is 54.3. The number of alkyl carbamates (subject to hydrolysis) is 2. The largest absolute Gasteiger partial charge is 0.444 e. The van der Waals surface area contributed by atoms with Crippen molar-refractivity contribution in [3.63, 3.8) is 0 Å². The molecule has 830 valence electrons. The number of ketones is 3. The number of fused-ring (bicyclic) bond motifs is 1. The lowest BCUT2D eigenvalue weighted by Gasteiger charge is -2.52. The summed E-state index contributed by atoms with van der Waals surface area (Å²) in [5, 5.41) is 51.7. The van der Waals surface area contributed by atoms with Crippen LogP contribution in [0.3, 0.4) is 0 Å². The summed E-state index contributed by atoms with van der Waals surface area (Å²) < 4.78 is 66.9. The number of unbranched alkanes of at least 4 members (excludes halogenated alkanes) is 1. The lowest BCUT2D eigenvalue weighted by molar-refractivity contribution is -0.249. The molecular formula is C121H178F4N10O15. The number of carbonyl (C=O) groups excluding carboxylic acids is 10. The number of carbonyl (C=O) groups is 10. The number of piperidine rings is 3. The molecule has 0 spiro atoms. The number of hydrogen-bond donors (Lipinski definition) is 8. The predicted octanol–water partition coefficient (Wildman–Crippen LogP) is 22.8. The molecule has 5 aliphatic rings. The van der Waals surface area contributed by atoms with Crippen molar-refractivity contribution in [3.05, 3.63) is 215 Å². The standard InChI is InChI=1S/C44H67N3O6.C40H58F2N4O5.C37H53F2N3O4/c1-30(2)24-37-40(50)27-34(25-32-16-10-9-11-17-32)42(52)46-23-15-19-36(46)39(49)26-33(31(3)4)18-14-22-45(37)41(51)21-13-12-20-38(48)35-28-43(5,6)47(53)44(7,8)29-35;1-27(2)22-32(44-36(49)51-37(3,4)5)20-21-40(23-28-10-14-30(41)15-11-28,24-29-12-16-31(42)17-13-29)45-35(48)19-18-34(47)43-33-25-38(6,7)46(50)39(8,9)26-33;1-25(2)20-30(41-33(44)46-34(3,4)5)18-19-37(21-26-10-14-28(38)15-11-26,22-27-12-16-29(39)17-13-27)32(43)40-31-23-35(6,7)42(45)36(8,9)24-31/h9-11,14,16-18,30-31,33-37,53H,12-13,15,19-29H2,1-8H3;10-17,20-21,27,32-33,50H,18-19,22-26H2,1-9H3,(H,43,47)(H,44,49)(H,45,48);10-19,25,30-31,45H,20-24H2,1-9H3,(H,40,43)(H,41,44)/b18-14+;21-20+;19-18+/t33-,34-,36-,37-;32-;30-/m011/s1. The van der Waals surface area contributed by atoms with Crippen LogP contribution in [0.15, 0.2) is 164 Å². The minimum absolute atomic E-state index is 0.00149. The average molecular weight is 2090 g/mol. The van der Waals surface area contributed by atoms with Crippen molar-refractivity contribution in [1.29, 1.82) is 0 Å². The molecule has 25 nitrogen and oxygen atoms in total. The number of halogens is 4. The zero-order valence-electron chi connectivity index (χ0n) is 94.5. The molecule has 8 N–H and O–H groups in total. The highest BCUT2D eigenvalue weighted by Crippen LogP contribution is 2.44. The van der Waals surface area contributed by atoms with Crippen LogP contribution in [0.1, 0.15) is 330 Å². The normalized spacial score (nSPS) is 20.9. The van der Waals surface area contributed by atoms with Gasteiger partial charge in [-0.25, -0.2) is 27.2 Å². The second kappa shape index (κ2) is 54.0. The summed E-state index contributed by atoms with van der Waals surface area (Å²) in [6, 6.07) is 31.4. The molecule has 4 saturated heterocycles. The Morgan fingerprint density at radius 1 is 0.473 bits per heavy atom. The zero-order chi connectivity index (χ0) is 112. The fraction of sp³-hybridized carbons (Fsp3) is 0.620.